The lowest BCUT2D eigenvalue weighted by Gasteiger charge is -2.00. The van der Waals surface area contributed by atoms with Gasteiger partial charge in [-0.15, -0.1) is 0 Å². The minimum absolute atomic E-state index is 0.144. The smallest absolute Gasteiger partial charge is 0.141 e. The van der Waals surface area contributed by atoms with E-state index in [0.29, 0.717) is 6.42 Å². The summed E-state index contributed by atoms with van der Waals surface area (Å²) in [5.74, 6) is -0.399. The van der Waals surface area contributed by atoms with Gasteiger partial charge in [-0.1, -0.05) is 17.7 Å². The quantitative estimate of drug-likeness (QED) is 0.773. The summed E-state index contributed by atoms with van der Waals surface area (Å²) in [7, 11) is 0. The van der Waals surface area contributed by atoms with Crippen LogP contribution in [0.25, 0.3) is 0 Å². The van der Waals surface area contributed by atoms with Crippen LogP contribution in [0.1, 0.15) is 12.0 Å². The summed E-state index contributed by atoms with van der Waals surface area (Å²) < 4.78 is 12.6. The predicted molar refractivity (Wildman–Crippen MR) is 46.8 cm³/mol. The fourth-order valence-electron chi connectivity index (χ4n) is 0.978. The van der Waals surface area contributed by atoms with Crippen molar-refractivity contribution in [3.8, 4) is 0 Å². The normalized spacial score (nSPS) is 10.2. The van der Waals surface area contributed by atoms with E-state index in [-0.39, 0.29) is 11.6 Å². The molecule has 0 fully saturated rings. The van der Waals surface area contributed by atoms with Gasteiger partial charge in [-0.2, -0.15) is 0 Å². The molecule has 0 aliphatic rings. The zero-order valence-corrected chi connectivity index (χ0v) is 7.31. The van der Waals surface area contributed by atoms with E-state index >= 15 is 0 Å². The van der Waals surface area contributed by atoms with E-state index in [4.69, 9.17) is 16.7 Å². The minimum Gasteiger partial charge on any atom is -0.396 e. The van der Waals surface area contributed by atoms with Crippen LogP contribution in [-0.2, 0) is 6.42 Å². The number of hydrogen-bond donors (Lipinski definition) is 1. The van der Waals surface area contributed by atoms with Crippen molar-refractivity contribution < 1.29 is 9.50 Å². The Morgan fingerprint density at radius 2 is 2.17 bits per heavy atom. The van der Waals surface area contributed by atoms with Crippen molar-refractivity contribution in [2.75, 3.05) is 6.61 Å². The molecule has 1 aromatic carbocycles. The number of aliphatic hydroxyl groups is 1. The van der Waals surface area contributed by atoms with Gasteiger partial charge >= 0.3 is 0 Å². The molecule has 0 unspecified atom stereocenters. The topological polar surface area (TPSA) is 20.2 Å². The fraction of sp³-hybridized carbons (Fsp3) is 0.333. The zero-order valence-electron chi connectivity index (χ0n) is 6.56. The summed E-state index contributed by atoms with van der Waals surface area (Å²) in [5, 5.41) is 8.69. The van der Waals surface area contributed by atoms with Gasteiger partial charge in [0.15, 0.2) is 0 Å². The Kier molecular flexibility index (Phi) is 3.50. The van der Waals surface area contributed by atoms with Gasteiger partial charge in [-0.25, -0.2) is 4.39 Å². The molecule has 0 bridgehead atoms. The SMILES string of the molecule is OCCCc1ccc(F)c(Cl)c1. The average Bonchev–Trinajstić information content (AvgIpc) is 2.07. The van der Waals surface area contributed by atoms with Gasteiger partial charge in [0.1, 0.15) is 5.82 Å². The maximum Gasteiger partial charge on any atom is 0.141 e. The Morgan fingerprint density at radius 3 is 2.75 bits per heavy atom. The number of rotatable bonds is 3. The number of aliphatic hydroxyl groups excluding tert-OH is 1. The van der Waals surface area contributed by atoms with Gasteiger partial charge in [0.2, 0.25) is 0 Å². The van der Waals surface area contributed by atoms with Crippen molar-refractivity contribution in [3.05, 3.63) is 34.6 Å². The molecule has 66 valence electrons. The van der Waals surface area contributed by atoms with Crippen LogP contribution in [0.5, 0.6) is 0 Å². The van der Waals surface area contributed by atoms with E-state index in [1.807, 2.05) is 0 Å². The first-order valence-electron chi connectivity index (χ1n) is 3.79. The molecule has 1 rings (SSSR count). The maximum absolute atomic E-state index is 12.6. The van der Waals surface area contributed by atoms with Crippen LogP contribution in [-0.4, -0.2) is 11.7 Å². The van der Waals surface area contributed by atoms with Crippen LogP contribution in [0.2, 0.25) is 5.02 Å². The monoisotopic (exact) mass is 188 g/mol. The van der Waals surface area contributed by atoms with E-state index < -0.39 is 5.82 Å². The summed E-state index contributed by atoms with van der Waals surface area (Å²) in [4.78, 5) is 0. The molecule has 1 aromatic rings. The Bertz CT molecular complexity index is 263. The van der Waals surface area contributed by atoms with Gasteiger partial charge in [0, 0.05) is 6.61 Å². The van der Waals surface area contributed by atoms with E-state index in [9.17, 15) is 4.39 Å². The molecule has 0 spiro atoms. The number of benzene rings is 1. The lowest BCUT2D eigenvalue weighted by Crippen LogP contribution is -1.90. The zero-order chi connectivity index (χ0) is 8.97. The molecule has 1 N–H and O–H groups in total. The summed E-state index contributed by atoms with van der Waals surface area (Å²) in [5.41, 5.74) is 0.954. The third-order valence-electron chi connectivity index (χ3n) is 1.61. The largest absolute Gasteiger partial charge is 0.396 e. The number of hydrogen-bond acceptors (Lipinski definition) is 1. The van der Waals surface area contributed by atoms with Crippen LogP contribution in [0.3, 0.4) is 0 Å². The van der Waals surface area contributed by atoms with E-state index in [2.05, 4.69) is 0 Å². The lowest BCUT2D eigenvalue weighted by molar-refractivity contribution is 0.288. The molecular formula is C9H10ClFO. The van der Waals surface area contributed by atoms with Gasteiger partial charge in [-0.3, -0.25) is 0 Å². The van der Waals surface area contributed by atoms with E-state index in [1.54, 1.807) is 12.1 Å². The molecule has 0 saturated carbocycles. The predicted octanol–water partition coefficient (Wildman–Crippen LogP) is 2.40. The third kappa shape index (κ3) is 2.47. The number of aryl methyl sites for hydroxylation is 1. The highest BCUT2D eigenvalue weighted by Crippen LogP contribution is 2.16. The summed E-state index contributed by atoms with van der Waals surface area (Å²) >= 11 is 5.56. The average molecular weight is 189 g/mol. The summed E-state index contributed by atoms with van der Waals surface area (Å²) in [6, 6.07) is 4.61. The second-order valence-corrected chi connectivity index (χ2v) is 2.98. The molecule has 0 heterocycles. The highest BCUT2D eigenvalue weighted by molar-refractivity contribution is 6.30. The first kappa shape index (κ1) is 9.49. The molecule has 12 heavy (non-hydrogen) atoms. The molecule has 3 heteroatoms. The van der Waals surface area contributed by atoms with Crippen LogP contribution in [0, 0.1) is 5.82 Å². The molecule has 0 aromatic heterocycles. The molecular weight excluding hydrogens is 179 g/mol. The van der Waals surface area contributed by atoms with Crippen molar-refractivity contribution >= 4 is 11.6 Å². The first-order chi connectivity index (χ1) is 5.74. The van der Waals surface area contributed by atoms with Gasteiger partial charge in [-0.05, 0) is 30.5 Å². The van der Waals surface area contributed by atoms with Gasteiger partial charge < -0.3 is 5.11 Å². The Balaban J connectivity index is 2.69. The molecule has 0 amide bonds. The second-order valence-electron chi connectivity index (χ2n) is 2.58. The number of halogens is 2. The van der Waals surface area contributed by atoms with Crippen molar-refractivity contribution in [2.45, 2.75) is 12.8 Å². The molecule has 0 aliphatic heterocycles. The van der Waals surface area contributed by atoms with Crippen LogP contribution in [0.4, 0.5) is 4.39 Å². The van der Waals surface area contributed by atoms with Gasteiger partial charge in [0.05, 0.1) is 5.02 Å². The van der Waals surface area contributed by atoms with Crippen LogP contribution < -0.4 is 0 Å². The Morgan fingerprint density at radius 1 is 1.42 bits per heavy atom. The van der Waals surface area contributed by atoms with Gasteiger partial charge in [0.25, 0.3) is 0 Å². The lowest BCUT2D eigenvalue weighted by atomic mass is 10.1. The van der Waals surface area contributed by atoms with Crippen molar-refractivity contribution in [1.82, 2.24) is 0 Å². The first-order valence-corrected chi connectivity index (χ1v) is 4.16. The fourth-order valence-corrected chi connectivity index (χ4v) is 1.18. The molecule has 0 atom stereocenters. The standard InChI is InChI=1S/C9H10ClFO/c10-8-6-7(2-1-5-12)3-4-9(8)11/h3-4,6,12H,1-2,5H2. The minimum atomic E-state index is -0.399. The maximum atomic E-state index is 12.6. The highest BCUT2D eigenvalue weighted by Gasteiger charge is 1.99. The van der Waals surface area contributed by atoms with Crippen molar-refractivity contribution in [2.24, 2.45) is 0 Å². The van der Waals surface area contributed by atoms with E-state index in [0.717, 1.165) is 12.0 Å². The van der Waals surface area contributed by atoms with E-state index in [1.165, 1.54) is 6.07 Å². The molecule has 0 radical (unpaired) electrons. The second kappa shape index (κ2) is 4.43. The molecule has 0 aliphatic carbocycles. The Hall–Kier alpha value is -0.600. The highest BCUT2D eigenvalue weighted by atomic mass is 35.5. The summed E-state index contributed by atoms with van der Waals surface area (Å²) in [6.07, 6.45) is 1.42. The van der Waals surface area contributed by atoms with Crippen molar-refractivity contribution in [1.29, 1.82) is 0 Å². The summed E-state index contributed by atoms with van der Waals surface area (Å²) in [6.45, 7) is 0.148. The molecule has 1 nitrogen and oxygen atoms in total. The molecule has 0 saturated heterocycles. The third-order valence-corrected chi connectivity index (χ3v) is 1.90. The van der Waals surface area contributed by atoms with Crippen LogP contribution >= 0.6 is 11.6 Å². The Labute approximate surface area is 75.8 Å². The van der Waals surface area contributed by atoms with Crippen LogP contribution in [0.15, 0.2) is 18.2 Å². The van der Waals surface area contributed by atoms with Crippen molar-refractivity contribution in [3.63, 3.8) is 0 Å².